The first-order valence-corrected chi connectivity index (χ1v) is 8.22. The minimum Gasteiger partial charge on any atom is -0.206 e. The monoisotopic (exact) mass is 322 g/mol. The van der Waals surface area contributed by atoms with E-state index < -0.39 is 11.6 Å². The largest absolute Gasteiger partial charge is 0.206 e. The van der Waals surface area contributed by atoms with Gasteiger partial charge in [-0.15, -0.1) is 0 Å². The lowest BCUT2D eigenvalue weighted by molar-refractivity contribution is 0.361. The molecule has 0 atom stereocenters. The molecular weight excluding hydrogens is 302 g/mol. The molecule has 1 aromatic carbocycles. The molecule has 0 saturated heterocycles. The van der Waals surface area contributed by atoms with Crippen LogP contribution in [0.1, 0.15) is 50.2 Å². The Hall–Kier alpha value is -1.33. The number of hydrogen-bond donors (Lipinski definition) is 0. The summed E-state index contributed by atoms with van der Waals surface area (Å²) in [5, 5.41) is 0.704. The summed E-state index contributed by atoms with van der Waals surface area (Å²) in [5.41, 5.74) is 0.577. The summed E-state index contributed by atoms with van der Waals surface area (Å²) in [7, 11) is 0. The maximum atomic E-state index is 14.0. The Labute approximate surface area is 136 Å². The normalized spacial score (nSPS) is 21.1. The van der Waals surface area contributed by atoms with Crippen LogP contribution in [0.2, 0.25) is 0 Å². The van der Waals surface area contributed by atoms with E-state index in [0.29, 0.717) is 22.9 Å². The highest BCUT2D eigenvalue weighted by molar-refractivity contribution is 6.29. The number of halogens is 3. The van der Waals surface area contributed by atoms with E-state index in [-0.39, 0.29) is 11.5 Å². The third-order valence-electron chi connectivity index (χ3n) is 4.21. The third-order valence-corrected chi connectivity index (χ3v) is 4.52. The smallest absolute Gasteiger partial charge is 0.142 e. The van der Waals surface area contributed by atoms with Crippen molar-refractivity contribution in [3.63, 3.8) is 0 Å². The maximum Gasteiger partial charge on any atom is 0.142 e. The molecule has 22 heavy (non-hydrogen) atoms. The molecule has 0 aliphatic heterocycles. The van der Waals surface area contributed by atoms with E-state index in [2.05, 4.69) is 18.4 Å². The van der Waals surface area contributed by atoms with Crippen molar-refractivity contribution in [2.45, 2.75) is 45.4 Å². The standard InChI is InChI=1S/C19H21ClF2/c1-3-4-15-11-18(21)17(19(22)12-15)10-7-14-5-8-16(9-6-14)13(2)20/h11-12,14,16H,2-6,8-9H2,1H3/t14-,16-. The second-order valence-corrected chi connectivity index (χ2v) is 6.43. The first kappa shape index (κ1) is 17.0. The van der Waals surface area contributed by atoms with E-state index in [1.54, 1.807) is 0 Å². The molecule has 0 nitrogen and oxygen atoms in total. The molecule has 0 spiro atoms. The predicted octanol–water partition coefficient (Wildman–Crippen LogP) is 5.83. The topological polar surface area (TPSA) is 0 Å². The Morgan fingerprint density at radius 2 is 1.82 bits per heavy atom. The summed E-state index contributed by atoms with van der Waals surface area (Å²) in [4.78, 5) is 0. The number of benzene rings is 1. The van der Waals surface area contributed by atoms with Crippen molar-refractivity contribution in [2.75, 3.05) is 0 Å². The molecule has 1 fully saturated rings. The molecule has 0 radical (unpaired) electrons. The van der Waals surface area contributed by atoms with Crippen molar-refractivity contribution in [1.29, 1.82) is 0 Å². The molecule has 0 bridgehead atoms. The lowest BCUT2D eigenvalue weighted by Gasteiger charge is -2.24. The van der Waals surface area contributed by atoms with Gasteiger partial charge in [-0.2, -0.15) is 0 Å². The summed E-state index contributed by atoms with van der Waals surface area (Å²) in [6, 6.07) is 2.79. The molecule has 0 amide bonds. The molecule has 0 heterocycles. The lowest BCUT2D eigenvalue weighted by Crippen LogP contribution is -2.13. The summed E-state index contributed by atoms with van der Waals surface area (Å²) >= 11 is 5.93. The molecular formula is C19H21ClF2. The van der Waals surface area contributed by atoms with Crippen LogP contribution in [0.4, 0.5) is 8.78 Å². The van der Waals surface area contributed by atoms with Gasteiger partial charge >= 0.3 is 0 Å². The fourth-order valence-corrected chi connectivity index (χ4v) is 3.12. The molecule has 1 saturated carbocycles. The van der Waals surface area contributed by atoms with Gasteiger partial charge in [0.25, 0.3) is 0 Å². The Morgan fingerprint density at radius 1 is 1.23 bits per heavy atom. The quantitative estimate of drug-likeness (QED) is 0.614. The first-order valence-electron chi connectivity index (χ1n) is 7.85. The molecule has 1 aromatic rings. The molecule has 1 aliphatic carbocycles. The van der Waals surface area contributed by atoms with Crippen molar-refractivity contribution < 1.29 is 8.78 Å². The number of rotatable bonds is 3. The minimum atomic E-state index is -0.557. The van der Waals surface area contributed by atoms with Crippen LogP contribution in [0.5, 0.6) is 0 Å². The number of allylic oxidation sites excluding steroid dienone is 1. The number of hydrogen-bond acceptors (Lipinski definition) is 0. The van der Waals surface area contributed by atoms with Crippen molar-refractivity contribution in [3.8, 4) is 11.8 Å². The zero-order chi connectivity index (χ0) is 16.1. The van der Waals surface area contributed by atoms with Crippen LogP contribution in [-0.4, -0.2) is 0 Å². The molecule has 0 unspecified atom stereocenters. The van der Waals surface area contributed by atoms with Crippen LogP contribution in [-0.2, 0) is 6.42 Å². The third kappa shape index (κ3) is 4.34. The second kappa shape index (κ2) is 7.79. The van der Waals surface area contributed by atoms with Gasteiger partial charge in [0.1, 0.15) is 11.6 Å². The molecule has 1 aliphatic rings. The van der Waals surface area contributed by atoms with E-state index in [1.165, 1.54) is 12.1 Å². The van der Waals surface area contributed by atoms with E-state index in [9.17, 15) is 8.78 Å². The van der Waals surface area contributed by atoms with Crippen molar-refractivity contribution >= 4 is 11.6 Å². The van der Waals surface area contributed by atoms with Crippen LogP contribution >= 0.6 is 11.6 Å². The van der Waals surface area contributed by atoms with E-state index in [1.807, 2.05) is 6.92 Å². The molecule has 0 aromatic heterocycles. The van der Waals surface area contributed by atoms with Gasteiger partial charge in [-0.05, 0) is 55.7 Å². The minimum absolute atomic E-state index is 0.108. The predicted molar refractivity (Wildman–Crippen MR) is 87.7 cm³/mol. The van der Waals surface area contributed by atoms with Gasteiger partial charge in [-0.25, -0.2) is 8.78 Å². The fraction of sp³-hybridized carbons (Fsp3) is 0.474. The molecule has 118 valence electrons. The van der Waals surface area contributed by atoms with Gasteiger partial charge < -0.3 is 0 Å². The summed E-state index contributed by atoms with van der Waals surface area (Å²) in [5.74, 6) is 5.15. The van der Waals surface area contributed by atoms with Crippen molar-refractivity contribution in [1.82, 2.24) is 0 Å². The maximum absolute atomic E-state index is 14.0. The van der Waals surface area contributed by atoms with Gasteiger partial charge in [0, 0.05) is 11.0 Å². The Balaban J connectivity index is 2.08. The highest BCUT2D eigenvalue weighted by Gasteiger charge is 2.21. The average Bonchev–Trinajstić information content (AvgIpc) is 2.47. The first-order chi connectivity index (χ1) is 10.5. The van der Waals surface area contributed by atoms with E-state index in [0.717, 1.165) is 32.1 Å². The number of aryl methyl sites for hydroxylation is 1. The zero-order valence-electron chi connectivity index (χ0n) is 12.9. The zero-order valence-corrected chi connectivity index (χ0v) is 13.6. The van der Waals surface area contributed by atoms with Gasteiger partial charge in [-0.3, -0.25) is 0 Å². The Kier molecular flexibility index (Phi) is 6.03. The second-order valence-electron chi connectivity index (χ2n) is 5.95. The highest BCUT2D eigenvalue weighted by Crippen LogP contribution is 2.33. The van der Waals surface area contributed by atoms with Gasteiger partial charge in [-0.1, -0.05) is 43.4 Å². The highest BCUT2D eigenvalue weighted by atomic mass is 35.5. The SMILES string of the molecule is C=C(Cl)[C@H]1CC[C@H](C#Cc2c(F)cc(CCC)cc2F)CC1. The van der Waals surface area contributed by atoms with Crippen molar-refractivity contribution in [2.24, 2.45) is 11.8 Å². The fourth-order valence-electron chi connectivity index (χ4n) is 2.90. The van der Waals surface area contributed by atoms with Crippen LogP contribution in [0, 0.1) is 35.3 Å². The van der Waals surface area contributed by atoms with Gasteiger partial charge in [0.15, 0.2) is 0 Å². The summed E-state index contributed by atoms with van der Waals surface area (Å²) in [6.07, 6.45) is 5.23. The molecule has 2 rings (SSSR count). The Bertz CT molecular complexity index is 579. The van der Waals surface area contributed by atoms with Crippen LogP contribution in [0.3, 0.4) is 0 Å². The van der Waals surface area contributed by atoms with Crippen LogP contribution < -0.4 is 0 Å². The van der Waals surface area contributed by atoms with Crippen LogP contribution in [0.15, 0.2) is 23.7 Å². The van der Waals surface area contributed by atoms with Crippen LogP contribution in [0.25, 0.3) is 0 Å². The molecule has 3 heteroatoms. The van der Waals surface area contributed by atoms with E-state index >= 15 is 0 Å². The van der Waals surface area contributed by atoms with Crippen molar-refractivity contribution in [3.05, 3.63) is 46.5 Å². The average molecular weight is 323 g/mol. The van der Waals surface area contributed by atoms with Gasteiger partial charge in [0.05, 0.1) is 5.56 Å². The summed E-state index contributed by atoms with van der Waals surface area (Å²) < 4.78 is 28.0. The lowest BCUT2D eigenvalue weighted by atomic mass is 9.82. The Morgan fingerprint density at radius 3 is 2.32 bits per heavy atom. The summed E-state index contributed by atoms with van der Waals surface area (Å²) in [6.45, 7) is 5.76. The van der Waals surface area contributed by atoms with E-state index in [4.69, 9.17) is 11.6 Å². The van der Waals surface area contributed by atoms with Gasteiger partial charge in [0.2, 0.25) is 0 Å². The molecule has 0 N–H and O–H groups in total.